The van der Waals surface area contributed by atoms with Gasteiger partial charge in [-0.1, -0.05) is 38.2 Å². The first-order chi connectivity index (χ1) is 20.7. The summed E-state index contributed by atoms with van der Waals surface area (Å²) < 4.78 is 16.6. The molecule has 0 radical (unpaired) electrons. The maximum atomic E-state index is 13.7. The highest BCUT2D eigenvalue weighted by Crippen LogP contribution is 2.28. The molecule has 2 bridgehead atoms. The van der Waals surface area contributed by atoms with Gasteiger partial charge in [0.05, 0.1) is 23.6 Å². The number of hydrogen-bond acceptors (Lipinski definition) is 10. The summed E-state index contributed by atoms with van der Waals surface area (Å²) in [6.45, 7) is 8.09. The third-order valence-electron chi connectivity index (χ3n) is 7.65. The van der Waals surface area contributed by atoms with Crippen LogP contribution in [-0.2, 0) is 28.6 Å². The molecular weight excluding hydrogens is 604 g/mol. The Labute approximate surface area is 272 Å². The normalized spacial score (nSPS) is 30.3. The Bertz CT molecular complexity index is 1240. The molecule has 2 aliphatic rings. The highest BCUT2D eigenvalue weighted by Gasteiger charge is 2.33. The van der Waals surface area contributed by atoms with Gasteiger partial charge in [0.25, 0.3) is 5.91 Å². The minimum Gasteiger partial charge on any atom is -0.439 e. The van der Waals surface area contributed by atoms with Crippen LogP contribution >= 0.6 is 12.4 Å². The fourth-order valence-corrected chi connectivity index (χ4v) is 5.18. The van der Waals surface area contributed by atoms with E-state index in [9.17, 15) is 24.3 Å². The molecule has 12 nitrogen and oxygen atoms in total. The van der Waals surface area contributed by atoms with Crippen molar-refractivity contribution in [3.05, 3.63) is 58.5 Å². The van der Waals surface area contributed by atoms with Gasteiger partial charge < -0.3 is 40.6 Å². The van der Waals surface area contributed by atoms with E-state index < -0.39 is 53.9 Å². The van der Waals surface area contributed by atoms with Crippen LogP contribution in [-0.4, -0.2) is 99.4 Å². The van der Waals surface area contributed by atoms with Gasteiger partial charge in [-0.25, -0.2) is 4.79 Å². The first kappa shape index (κ1) is 39.7. The maximum absolute atomic E-state index is 13.7. The molecule has 2 amide bonds. The van der Waals surface area contributed by atoms with Crippen LogP contribution < -0.4 is 16.4 Å². The Morgan fingerprint density at radius 1 is 1.16 bits per heavy atom. The number of Topliss-reactive ketones (excluding diaryl/α,β-unsaturated/α-hetero) is 1. The van der Waals surface area contributed by atoms with Crippen LogP contribution in [0, 0.1) is 11.8 Å². The van der Waals surface area contributed by atoms with Crippen molar-refractivity contribution in [2.45, 2.75) is 65.0 Å². The average molecular weight is 653 g/mol. The summed E-state index contributed by atoms with van der Waals surface area (Å²) in [5.74, 6) is -2.06. The van der Waals surface area contributed by atoms with Crippen LogP contribution in [0.25, 0.3) is 0 Å². The van der Waals surface area contributed by atoms with Crippen LogP contribution in [0.2, 0.25) is 0 Å². The Hall–Kier alpha value is -3.29. The fourth-order valence-electron chi connectivity index (χ4n) is 5.18. The number of halogens is 1. The SMILES string of the molecule is CO[C@H]1/C=C\C=C(/C)C(=O)NC2=CC(=O)C(NCCN(C)C)=C(C[C@@H](C)C[C@H](OC)[C@H](O)[C@@H](C)/C=C(\C)[C@@H]1OC(N)=O)C2=O.Cl. The van der Waals surface area contributed by atoms with Crippen molar-refractivity contribution in [1.29, 1.82) is 0 Å². The van der Waals surface area contributed by atoms with Gasteiger partial charge in [0, 0.05) is 50.4 Å². The molecule has 0 aromatic heterocycles. The van der Waals surface area contributed by atoms with Crippen LogP contribution in [0.1, 0.15) is 40.5 Å². The van der Waals surface area contributed by atoms with Gasteiger partial charge >= 0.3 is 6.09 Å². The second-order valence-corrected chi connectivity index (χ2v) is 11.7. The lowest BCUT2D eigenvalue weighted by Crippen LogP contribution is -2.38. The minimum atomic E-state index is -0.997. The molecule has 0 saturated carbocycles. The number of nitrogens with one attached hydrogen (secondary N) is 2. The molecule has 1 heterocycles. The number of primary amides is 1. The Morgan fingerprint density at radius 2 is 1.82 bits per heavy atom. The molecule has 252 valence electrons. The van der Waals surface area contributed by atoms with Gasteiger partial charge in [0.15, 0.2) is 6.10 Å². The summed E-state index contributed by atoms with van der Waals surface area (Å²) >= 11 is 0. The van der Waals surface area contributed by atoms with Gasteiger partial charge in [-0.15, -0.1) is 12.4 Å². The number of amides is 2. The molecule has 0 saturated heterocycles. The summed E-state index contributed by atoms with van der Waals surface area (Å²) in [7, 11) is 6.74. The number of nitrogens with two attached hydrogens (primary N) is 1. The number of ketones is 2. The smallest absolute Gasteiger partial charge is 0.405 e. The molecule has 13 heteroatoms. The number of methoxy groups -OCH3 is 2. The number of rotatable bonds is 7. The van der Waals surface area contributed by atoms with Crippen molar-refractivity contribution in [1.82, 2.24) is 15.5 Å². The molecule has 0 spiro atoms. The third kappa shape index (κ3) is 11.5. The molecule has 2 rings (SSSR count). The first-order valence-electron chi connectivity index (χ1n) is 14.7. The number of aliphatic hydroxyl groups excluding tert-OH is 1. The fraction of sp³-hybridized carbons (Fsp3) is 0.562. The van der Waals surface area contributed by atoms with E-state index in [1.54, 1.807) is 32.1 Å². The average Bonchev–Trinajstić information content (AvgIpc) is 2.95. The molecule has 0 unspecified atom stereocenters. The lowest BCUT2D eigenvalue weighted by Gasteiger charge is -2.30. The van der Waals surface area contributed by atoms with Crippen molar-refractivity contribution in [3.63, 3.8) is 0 Å². The standard InChI is InChI=1S/C32H48N4O8.ClH/c1-18-14-22-27(34-12-13-36(5)6)24(37)17-23(29(22)39)35-31(40)19(2)10-9-11-25(42-7)30(44-32(33)41)21(4)16-20(3)28(38)26(15-18)43-8;/h9-11,16-18,20,25-26,28,30,34,38H,12-15H2,1-8H3,(H2,33,41)(H,35,40);1H/b11-9-,19-10+,21-16+;/t18-,20+,25+,26+,28-,30+;/m1./s1. The Balaban J connectivity index is 0.0000101. The van der Waals surface area contributed by atoms with Crippen LogP contribution in [0.15, 0.2) is 58.5 Å². The van der Waals surface area contributed by atoms with Crippen molar-refractivity contribution in [3.8, 4) is 0 Å². The predicted molar refractivity (Wildman–Crippen MR) is 173 cm³/mol. The van der Waals surface area contributed by atoms with Gasteiger partial charge in [0.1, 0.15) is 6.10 Å². The monoisotopic (exact) mass is 652 g/mol. The maximum Gasteiger partial charge on any atom is 0.405 e. The van der Waals surface area contributed by atoms with Gasteiger partial charge in [-0.3, -0.25) is 14.4 Å². The molecule has 5 N–H and O–H groups in total. The summed E-state index contributed by atoms with van der Waals surface area (Å²) in [5, 5.41) is 17.0. The van der Waals surface area contributed by atoms with E-state index >= 15 is 0 Å². The summed E-state index contributed by atoms with van der Waals surface area (Å²) in [5.41, 5.74) is 6.55. The Morgan fingerprint density at radius 3 is 2.40 bits per heavy atom. The van der Waals surface area contributed by atoms with Crippen molar-refractivity contribution in [2.75, 3.05) is 41.4 Å². The number of fused-ring (bicyclic) bond motifs is 2. The van der Waals surface area contributed by atoms with Gasteiger partial charge in [-0.2, -0.15) is 0 Å². The summed E-state index contributed by atoms with van der Waals surface area (Å²) in [6, 6.07) is 0. The van der Waals surface area contributed by atoms with E-state index in [-0.39, 0.29) is 47.3 Å². The highest BCUT2D eigenvalue weighted by atomic mass is 35.5. The predicted octanol–water partition coefficient (Wildman–Crippen LogP) is 2.34. The molecule has 45 heavy (non-hydrogen) atoms. The van der Waals surface area contributed by atoms with E-state index in [1.807, 2.05) is 32.8 Å². The molecule has 1 aliphatic carbocycles. The third-order valence-corrected chi connectivity index (χ3v) is 7.65. The first-order valence-corrected chi connectivity index (χ1v) is 14.7. The van der Waals surface area contributed by atoms with Gasteiger partial charge in [0.2, 0.25) is 11.6 Å². The van der Waals surface area contributed by atoms with E-state index in [0.717, 1.165) is 6.08 Å². The number of ether oxygens (including phenoxy) is 3. The van der Waals surface area contributed by atoms with Crippen LogP contribution in [0.3, 0.4) is 0 Å². The lowest BCUT2D eigenvalue weighted by atomic mass is 9.85. The van der Waals surface area contributed by atoms with Crippen LogP contribution in [0.5, 0.6) is 0 Å². The highest BCUT2D eigenvalue weighted by molar-refractivity contribution is 6.23. The minimum absolute atomic E-state index is 0. The zero-order valence-corrected chi connectivity index (χ0v) is 28.2. The summed E-state index contributed by atoms with van der Waals surface area (Å²) in [4.78, 5) is 53.7. The Kier molecular flexibility index (Phi) is 16.4. The number of nitrogens with zero attached hydrogens (tertiary/aromatic N) is 1. The number of aliphatic hydroxyl groups is 1. The van der Waals surface area contributed by atoms with E-state index in [1.165, 1.54) is 20.3 Å². The van der Waals surface area contributed by atoms with Crippen LogP contribution in [0.4, 0.5) is 4.79 Å². The lowest BCUT2D eigenvalue weighted by molar-refractivity contribution is -0.120. The number of carbonyl (C=O) groups is 4. The molecule has 6 atom stereocenters. The summed E-state index contributed by atoms with van der Waals surface area (Å²) in [6.07, 6.45) is 3.88. The van der Waals surface area contributed by atoms with E-state index in [0.29, 0.717) is 25.1 Å². The van der Waals surface area contributed by atoms with Crippen molar-refractivity contribution < 1.29 is 38.5 Å². The second kappa shape index (κ2) is 18.6. The number of hydrogen-bond donors (Lipinski definition) is 4. The zero-order valence-electron chi connectivity index (χ0n) is 27.4. The number of carbonyl (C=O) groups excluding carboxylic acids is 4. The number of allylic oxidation sites excluding steroid dienone is 4. The quantitative estimate of drug-likeness (QED) is 0.237. The second-order valence-electron chi connectivity index (χ2n) is 11.7. The number of likely N-dealkylation sites (N-methyl/N-ethyl adjacent to an activating group) is 1. The molecule has 0 fully saturated rings. The van der Waals surface area contributed by atoms with Crippen molar-refractivity contribution >= 4 is 36.0 Å². The molecule has 0 aromatic rings. The van der Waals surface area contributed by atoms with E-state index in [2.05, 4.69) is 10.6 Å². The van der Waals surface area contributed by atoms with E-state index in [4.69, 9.17) is 19.9 Å². The van der Waals surface area contributed by atoms with Crippen molar-refractivity contribution in [2.24, 2.45) is 17.6 Å². The van der Waals surface area contributed by atoms with Gasteiger partial charge in [-0.05, 0) is 52.3 Å². The molecular formula is C32H49ClN4O8. The molecule has 1 aliphatic heterocycles. The topological polar surface area (TPSA) is 170 Å². The molecule has 0 aromatic carbocycles. The largest absolute Gasteiger partial charge is 0.439 e. The zero-order chi connectivity index (χ0) is 33.1.